The Bertz CT molecular complexity index is 151. The SMILES string of the molecule is CCN(CC)C(=N)C(C)(C)OC. The van der Waals surface area contributed by atoms with Crippen LogP contribution in [0.5, 0.6) is 0 Å². The zero-order valence-corrected chi connectivity index (χ0v) is 8.77. The second kappa shape index (κ2) is 4.45. The van der Waals surface area contributed by atoms with Crippen LogP contribution in [0.1, 0.15) is 27.7 Å². The summed E-state index contributed by atoms with van der Waals surface area (Å²) in [5, 5.41) is 7.85. The summed E-state index contributed by atoms with van der Waals surface area (Å²) in [6.07, 6.45) is 0. The molecule has 0 aliphatic heterocycles. The smallest absolute Gasteiger partial charge is 0.128 e. The number of rotatable bonds is 4. The summed E-state index contributed by atoms with van der Waals surface area (Å²) < 4.78 is 5.22. The van der Waals surface area contributed by atoms with Gasteiger partial charge in [0, 0.05) is 20.2 Å². The number of nitrogens with zero attached hydrogens (tertiary/aromatic N) is 1. The molecule has 72 valence electrons. The van der Waals surface area contributed by atoms with Gasteiger partial charge in [0.15, 0.2) is 0 Å². The average Bonchev–Trinajstić information content (AvgIpc) is 2.06. The fourth-order valence-electron chi connectivity index (χ4n) is 1.02. The molecule has 3 nitrogen and oxygen atoms in total. The van der Waals surface area contributed by atoms with Crippen molar-refractivity contribution in [2.75, 3.05) is 20.2 Å². The third-order valence-corrected chi connectivity index (χ3v) is 2.16. The first kappa shape index (κ1) is 11.4. The van der Waals surface area contributed by atoms with Gasteiger partial charge in [0.2, 0.25) is 0 Å². The van der Waals surface area contributed by atoms with E-state index in [0.29, 0.717) is 5.84 Å². The van der Waals surface area contributed by atoms with Crippen molar-refractivity contribution in [3.8, 4) is 0 Å². The summed E-state index contributed by atoms with van der Waals surface area (Å²) in [5.74, 6) is 0.551. The van der Waals surface area contributed by atoms with Gasteiger partial charge in [0.1, 0.15) is 11.4 Å². The van der Waals surface area contributed by atoms with Crippen molar-refractivity contribution >= 4 is 5.84 Å². The van der Waals surface area contributed by atoms with Gasteiger partial charge in [0.05, 0.1) is 0 Å². The first-order valence-corrected chi connectivity index (χ1v) is 4.38. The molecule has 12 heavy (non-hydrogen) atoms. The molecule has 0 rings (SSSR count). The van der Waals surface area contributed by atoms with Crippen molar-refractivity contribution in [2.24, 2.45) is 0 Å². The van der Waals surface area contributed by atoms with Gasteiger partial charge in [-0.15, -0.1) is 0 Å². The first-order chi connectivity index (χ1) is 5.49. The summed E-state index contributed by atoms with van der Waals surface area (Å²) in [6.45, 7) is 9.64. The molecule has 0 fully saturated rings. The summed E-state index contributed by atoms with van der Waals surface area (Å²) in [4.78, 5) is 1.99. The molecule has 0 saturated heterocycles. The number of ether oxygens (including phenoxy) is 1. The molecule has 0 saturated carbocycles. The Balaban J connectivity index is 4.35. The lowest BCUT2D eigenvalue weighted by molar-refractivity contribution is 0.0703. The number of hydrogen-bond donors (Lipinski definition) is 1. The van der Waals surface area contributed by atoms with E-state index in [4.69, 9.17) is 10.1 Å². The summed E-state index contributed by atoms with van der Waals surface area (Å²) in [6, 6.07) is 0. The van der Waals surface area contributed by atoms with Crippen molar-refractivity contribution in [2.45, 2.75) is 33.3 Å². The second-order valence-electron chi connectivity index (χ2n) is 3.24. The van der Waals surface area contributed by atoms with Crippen molar-refractivity contribution in [3.63, 3.8) is 0 Å². The highest BCUT2D eigenvalue weighted by Gasteiger charge is 2.26. The van der Waals surface area contributed by atoms with Crippen LogP contribution < -0.4 is 0 Å². The molecule has 3 heteroatoms. The van der Waals surface area contributed by atoms with E-state index >= 15 is 0 Å². The quantitative estimate of drug-likeness (QED) is 0.518. The predicted octanol–water partition coefficient (Wildman–Crippen LogP) is 1.73. The van der Waals surface area contributed by atoms with Crippen molar-refractivity contribution in [1.29, 1.82) is 5.41 Å². The molecule has 0 heterocycles. The highest BCUT2D eigenvalue weighted by atomic mass is 16.5. The Morgan fingerprint density at radius 1 is 1.33 bits per heavy atom. The second-order valence-corrected chi connectivity index (χ2v) is 3.24. The van der Waals surface area contributed by atoms with E-state index in [0.717, 1.165) is 13.1 Å². The fourth-order valence-corrected chi connectivity index (χ4v) is 1.02. The third-order valence-electron chi connectivity index (χ3n) is 2.16. The molecule has 0 aromatic carbocycles. The topological polar surface area (TPSA) is 36.3 Å². The number of likely N-dealkylation sites (N-methyl/N-ethyl adjacent to an activating group) is 1. The van der Waals surface area contributed by atoms with Gasteiger partial charge in [0.25, 0.3) is 0 Å². The van der Waals surface area contributed by atoms with Crippen molar-refractivity contribution in [3.05, 3.63) is 0 Å². The molecule has 0 bridgehead atoms. The number of hydrogen-bond acceptors (Lipinski definition) is 2. The van der Waals surface area contributed by atoms with Gasteiger partial charge < -0.3 is 9.64 Å². The van der Waals surface area contributed by atoms with Crippen molar-refractivity contribution in [1.82, 2.24) is 4.90 Å². The Kier molecular flexibility index (Phi) is 4.24. The van der Waals surface area contributed by atoms with Gasteiger partial charge in [-0.1, -0.05) is 0 Å². The normalized spacial score (nSPS) is 11.4. The summed E-state index contributed by atoms with van der Waals surface area (Å²) in [5.41, 5.74) is -0.466. The standard InChI is InChI=1S/C9H20N2O/c1-6-11(7-2)8(10)9(3,4)12-5/h10H,6-7H2,1-5H3. The molecule has 0 radical (unpaired) electrons. The molecule has 0 unspecified atom stereocenters. The molecule has 0 aromatic heterocycles. The highest BCUT2D eigenvalue weighted by molar-refractivity contribution is 5.87. The van der Waals surface area contributed by atoms with Crippen LogP contribution >= 0.6 is 0 Å². The Hall–Kier alpha value is -0.570. The third kappa shape index (κ3) is 2.48. The predicted molar refractivity (Wildman–Crippen MR) is 51.7 cm³/mol. The zero-order valence-electron chi connectivity index (χ0n) is 8.77. The number of methoxy groups -OCH3 is 1. The van der Waals surface area contributed by atoms with Crippen LogP contribution in [0.15, 0.2) is 0 Å². The largest absolute Gasteiger partial charge is 0.371 e. The molecule has 0 amide bonds. The van der Waals surface area contributed by atoms with E-state index < -0.39 is 5.60 Å². The molecule has 0 aliphatic rings. The Labute approximate surface area is 75.2 Å². The van der Waals surface area contributed by atoms with Crippen LogP contribution in [0, 0.1) is 5.41 Å². The average molecular weight is 172 g/mol. The van der Waals surface area contributed by atoms with Crippen LogP contribution in [0.4, 0.5) is 0 Å². The van der Waals surface area contributed by atoms with Gasteiger partial charge in [-0.05, 0) is 27.7 Å². The van der Waals surface area contributed by atoms with Gasteiger partial charge in [-0.3, -0.25) is 5.41 Å². The minimum Gasteiger partial charge on any atom is -0.371 e. The van der Waals surface area contributed by atoms with E-state index in [-0.39, 0.29) is 0 Å². The van der Waals surface area contributed by atoms with E-state index in [1.54, 1.807) is 7.11 Å². The van der Waals surface area contributed by atoms with Crippen LogP contribution in [0.3, 0.4) is 0 Å². The number of nitrogens with one attached hydrogen (secondary N) is 1. The molecule has 0 aliphatic carbocycles. The molecule has 0 aromatic rings. The molecular weight excluding hydrogens is 152 g/mol. The lowest BCUT2D eigenvalue weighted by Gasteiger charge is -2.32. The van der Waals surface area contributed by atoms with E-state index in [1.807, 2.05) is 32.6 Å². The maximum absolute atomic E-state index is 7.85. The van der Waals surface area contributed by atoms with Gasteiger partial charge in [-0.25, -0.2) is 0 Å². The van der Waals surface area contributed by atoms with Crippen LogP contribution in [-0.4, -0.2) is 36.5 Å². The van der Waals surface area contributed by atoms with E-state index in [2.05, 4.69) is 0 Å². The molecule has 1 N–H and O–H groups in total. The van der Waals surface area contributed by atoms with Crippen LogP contribution in [0.2, 0.25) is 0 Å². The monoisotopic (exact) mass is 172 g/mol. The maximum Gasteiger partial charge on any atom is 0.128 e. The van der Waals surface area contributed by atoms with E-state index in [1.165, 1.54) is 0 Å². The van der Waals surface area contributed by atoms with Gasteiger partial charge >= 0.3 is 0 Å². The lowest BCUT2D eigenvalue weighted by atomic mass is 10.1. The molecule has 0 spiro atoms. The van der Waals surface area contributed by atoms with Crippen LogP contribution in [-0.2, 0) is 4.74 Å². The zero-order chi connectivity index (χ0) is 9.78. The molecule has 0 atom stereocenters. The minimum atomic E-state index is -0.466. The first-order valence-electron chi connectivity index (χ1n) is 4.38. The number of amidine groups is 1. The summed E-state index contributed by atoms with van der Waals surface area (Å²) >= 11 is 0. The van der Waals surface area contributed by atoms with Gasteiger partial charge in [-0.2, -0.15) is 0 Å². The maximum atomic E-state index is 7.85. The minimum absolute atomic E-state index is 0.466. The highest BCUT2D eigenvalue weighted by Crippen LogP contribution is 2.12. The Morgan fingerprint density at radius 3 is 2.00 bits per heavy atom. The fraction of sp³-hybridized carbons (Fsp3) is 0.889. The van der Waals surface area contributed by atoms with Crippen molar-refractivity contribution < 1.29 is 4.74 Å². The lowest BCUT2D eigenvalue weighted by Crippen LogP contribution is -2.45. The molecular formula is C9H20N2O. The van der Waals surface area contributed by atoms with E-state index in [9.17, 15) is 0 Å². The summed E-state index contributed by atoms with van der Waals surface area (Å²) in [7, 11) is 1.64. The Morgan fingerprint density at radius 2 is 1.75 bits per heavy atom. The van der Waals surface area contributed by atoms with Crippen LogP contribution in [0.25, 0.3) is 0 Å².